The number of thioether (sulfide) groups is 1. The predicted octanol–water partition coefficient (Wildman–Crippen LogP) is 1.42. The molecule has 2 heterocycles. The van der Waals surface area contributed by atoms with Crippen molar-refractivity contribution in [2.45, 2.75) is 32.4 Å². The van der Waals surface area contributed by atoms with E-state index >= 15 is 0 Å². The molecule has 1 atom stereocenters. The third-order valence-electron chi connectivity index (χ3n) is 3.50. The van der Waals surface area contributed by atoms with Crippen LogP contribution < -0.4 is 5.32 Å². The van der Waals surface area contributed by atoms with E-state index in [-0.39, 0.29) is 0 Å². The molecular formula is C11H22N2S. The van der Waals surface area contributed by atoms with Crippen LogP contribution in [0.3, 0.4) is 0 Å². The minimum atomic E-state index is 0.541. The number of hydrogen-bond acceptors (Lipinski definition) is 3. The van der Waals surface area contributed by atoms with Gasteiger partial charge in [-0.05, 0) is 24.6 Å². The van der Waals surface area contributed by atoms with Crippen LogP contribution in [0.5, 0.6) is 0 Å². The zero-order valence-electron chi connectivity index (χ0n) is 9.55. The van der Waals surface area contributed by atoms with Crippen molar-refractivity contribution < 1.29 is 0 Å². The average Bonchev–Trinajstić information content (AvgIpc) is 1.99. The molecule has 2 aliphatic heterocycles. The lowest BCUT2D eigenvalue weighted by Crippen LogP contribution is -2.60. The van der Waals surface area contributed by atoms with E-state index in [0.29, 0.717) is 5.41 Å². The van der Waals surface area contributed by atoms with Crippen LogP contribution >= 0.6 is 11.8 Å². The quantitative estimate of drug-likeness (QED) is 0.748. The molecule has 2 fully saturated rings. The van der Waals surface area contributed by atoms with Crippen LogP contribution in [0.2, 0.25) is 0 Å². The fourth-order valence-electron chi connectivity index (χ4n) is 2.35. The van der Waals surface area contributed by atoms with Crippen molar-refractivity contribution in [3.63, 3.8) is 0 Å². The molecule has 1 unspecified atom stereocenters. The van der Waals surface area contributed by atoms with Gasteiger partial charge in [0, 0.05) is 30.9 Å². The zero-order chi connectivity index (χ0) is 10.2. The fourth-order valence-corrected chi connectivity index (χ4v) is 3.76. The number of nitrogens with one attached hydrogen (secondary N) is 1. The molecule has 2 rings (SSSR count). The van der Waals surface area contributed by atoms with Crippen LogP contribution in [-0.2, 0) is 0 Å². The summed E-state index contributed by atoms with van der Waals surface area (Å²) in [5.41, 5.74) is 0.541. The summed E-state index contributed by atoms with van der Waals surface area (Å²) < 4.78 is 0. The van der Waals surface area contributed by atoms with E-state index in [2.05, 4.69) is 42.9 Å². The Morgan fingerprint density at radius 1 is 1.29 bits per heavy atom. The summed E-state index contributed by atoms with van der Waals surface area (Å²) in [4.78, 5) is 2.60. The summed E-state index contributed by atoms with van der Waals surface area (Å²) in [6.07, 6.45) is 1.37. The van der Waals surface area contributed by atoms with Crippen LogP contribution in [0.15, 0.2) is 0 Å². The highest BCUT2D eigenvalue weighted by Gasteiger charge is 2.34. The smallest absolute Gasteiger partial charge is 0.0345 e. The first kappa shape index (κ1) is 10.8. The maximum atomic E-state index is 3.35. The topological polar surface area (TPSA) is 15.3 Å². The van der Waals surface area contributed by atoms with Crippen molar-refractivity contribution in [2.24, 2.45) is 5.41 Å². The van der Waals surface area contributed by atoms with Crippen molar-refractivity contribution in [1.29, 1.82) is 0 Å². The highest BCUT2D eigenvalue weighted by Crippen LogP contribution is 2.35. The van der Waals surface area contributed by atoms with Gasteiger partial charge in [0.15, 0.2) is 0 Å². The molecular weight excluding hydrogens is 192 g/mol. The van der Waals surface area contributed by atoms with Crippen LogP contribution in [0.4, 0.5) is 0 Å². The van der Waals surface area contributed by atoms with Gasteiger partial charge in [-0.15, -0.1) is 0 Å². The number of nitrogens with zero attached hydrogens (tertiary/aromatic N) is 1. The van der Waals surface area contributed by atoms with Crippen LogP contribution in [0, 0.1) is 5.41 Å². The Morgan fingerprint density at radius 2 is 2.00 bits per heavy atom. The lowest BCUT2D eigenvalue weighted by Gasteiger charge is -2.45. The summed E-state index contributed by atoms with van der Waals surface area (Å²) >= 11 is 2.13. The predicted molar refractivity (Wildman–Crippen MR) is 63.9 cm³/mol. The molecule has 0 radical (unpaired) electrons. The van der Waals surface area contributed by atoms with Gasteiger partial charge in [-0.1, -0.05) is 13.8 Å². The van der Waals surface area contributed by atoms with Crippen molar-refractivity contribution in [3.05, 3.63) is 0 Å². The first-order valence-corrected chi connectivity index (χ1v) is 6.74. The van der Waals surface area contributed by atoms with Crippen molar-refractivity contribution in [3.8, 4) is 0 Å². The van der Waals surface area contributed by atoms with Gasteiger partial charge in [0.2, 0.25) is 0 Å². The van der Waals surface area contributed by atoms with E-state index in [0.717, 1.165) is 12.1 Å². The first-order valence-electron chi connectivity index (χ1n) is 5.59. The lowest BCUT2D eigenvalue weighted by molar-refractivity contribution is 0.108. The molecule has 0 aliphatic carbocycles. The summed E-state index contributed by atoms with van der Waals surface area (Å²) in [6, 6.07) is 1.60. The summed E-state index contributed by atoms with van der Waals surface area (Å²) in [6.45, 7) is 7.19. The molecule has 82 valence electrons. The Labute approximate surface area is 91.8 Å². The van der Waals surface area contributed by atoms with Gasteiger partial charge in [0.05, 0.1) is 0 Å². The van der Waals surface area contributed by atoms with Gasteiger partial charge in [0.25, 0.3) is 0 Å². The molecule has 0 spiro atoms. The summed E-state index contributed by atoms with van der Waals surface area (Å²) in [5.74, 6) is 2.66. The van der Waals surface area contributed by atoms with E-state index in [9.17, 15) is 0 Å². The van der Waals surface area contributed by atoms with Crippen LogP contribution in [0.1, 0.15) is 20.3 Å². The maximum absolute atomic E-state index is 3.35. The molecule has 2 nitrogen and oxygen atoms in total. The molecule has 2 aliphatic rings. The zero-order valence-corrected chi connectivity index (χ0v) is 10.4. The molecule has 1 N–H and O–H groups in total. The summed E-state index contributed by atoms with van der Waals surface area (Å²) in [7, 11) is 2.30. The Morgan fingerprint density at radius 3 is 2.50 bits per heavy atom. The van der Waals surface area contributed by atoms with Crippen molar-refractivity contribution in [2.75, 3.05) is 31.6 Å². The molecule has 0 aromatic carbocycles. The molecule has 0 saturated carbocycles. The maximum Gasteiger partial charge on any atom is 0.0345 e. The van der Waals surface area contributed by atoms with Gasteiger partial charge in [-0.2, -0.15) is 11.8 Å². The number of hydrogen-bond donors (Lipinski definition) is 1. The number of likely N-dealkylation sites (N-methyl/N-ethyl adjacent to an activating group) is 1. The molecule has 0 bridgehead atoms. The molecule has 14 heavy (non-hydrogen) atoms. The van der Waals surface area contributed by atoms with Crippen molar-refractivity contribution in [1.82, 2.24) is 10.2 Å². The Balaban J connectivity index is 1.89. The van der Waals surface area contributed by atoms with E-state index < -0.39 is 0 Å². The van der Waals surface area contributed by atoms with E-state index in [1.165, 1.54) is 31.0 Å². The van der Waals surface area contributed by atoms with Crippen LogP contribution in [0.25, 0.3) is 0 Å². The normalized spacial score (nSPS) is 33.0. The second-order valence-electron chi connectivity index (χ2n) is 5.51. The monoisotopic (exact) mass is 214 g/mol. The summed E-state index contributed by atoms with van der Waals surface area (Å²) in [5, 5.41) is 3.35. The Kier molecular flexibility index (Phi) is 3.10. The highest BCUT2D eigenvalue weighted by molar-refractivity contribution is 7.99. The largest absolute Gasteiger partial charge is 0.314 e. The second-order valence-corrected chi connectivity index (χ2v) is 6.55. The van der Waals surface area contributed by atoms with Gasteiger partial charge >= 0.3 is 0 Å². The minimum Gasteiger partial charge on any atom is -0.314 e. The van der Waals surface area contributed by atoms with Gasteiger partial charge in [-0.3, -0.25) is 4.90 Å². The molecule has 0 aromatic rings. The van der Waals surface area contributed by atoms with E-state index in [1.807, 2.05) is 0 Å². The second kappa shape index (κ2) is 4.03. The standard InChI is InChI=1S/C11H22N2S/c1-11(2)4-9(7-14-8-11)13(3)10-5-12-6-10/h9-10,12H,4-8H2,1-3H3. The fraction of sp³-hybridized carbons (Fsp3) is 1.00. The van der Waals surface area contributed by atoms with Gasteiger partial charge < -0.3 is 5.32 Å². The minimum absolute atomic E-state index is 0.541. The SMILES string of the molecule is CN(C1CNC1)C1CSCC(C)(C)C1. The third kappa shape index (κ3) is 2.26. The molecule has 3 heteroatoms. The molecule has 2 saturated heterocycles. The molecule has 0 amide bonds. The van der Waals surface area contributed by atoms with Gasteiger partial charge in [-0.25, -0.2) is 0 Å². The van der Waals surface area contributed by atoms with E-state index in [4.69, 9.17) is 0 Å². The molecule has 0 aromatic heterocycles. The lowest BCUT2D eigenvalue weighted by atomic mass is 9.87. The Hall–Kier alpha value is 0.270. The van der Waals surface area contributed by atoms with Crippen molar-refractivity contribution >= 4 is 11.8 Å². The average molecular weight is 214 g/mol. The Bertz CT molecular complexity index is 201. The third-order valence-corrected chi connectivity index (χ3v) is 5.11. The highest BCUT2D eigenvalue weighted by atomic mass is 32.2. The van der Waals surface area contributed by atoms with Crippen LogP contribution in [-0.4, -0.2) is 48.6 Å². The number of rotatable bonds is 2. The van der Waals surface area contributed by atoms with Gasteiger partial charge in [0.1, 0.15) is 0 Å². The van der Waals surface area contributed by atoms with E-state index in [1.54, 1.807) is 0 Å². The first-order chi connectivity index (χ1) is 6.58.